The zero-order chi connectivity index (χ0) is 12.5. The van der Waals surface area contributed by atoms with Crippen LogP contribution in [0.4, 0.5) is 11.8 Å². The number of rotatable bonds is 6. The summed E-state index contributed by atoms with van der Waals surface area (Å²) in [6.07, 6.45) is 11.0. The van der Waals surface area contributed by atoms with E-state index in [1.165, 1.54) is 0 Å². The number of hydrogen-bond acceptors (Lipinski definition) is 4. The van der Waals surface area contributed by atoms with Crippen molar-refractivity contribution in [1.29, 1.82) is 0 Å². The van der Waals surface area contributed by atoms with Crippen LogP contribution in [0.1, 0.15) is 20.3 Å². The Labute approximate surface area is 103 Å². The van der Waals surface area contributed by atoms with Gasteiger partial charge >= 0.3 is 0 Å². The van der Waals surface area contributed by atoms with Crippen molar-refractivity contribution in [2.75, 3.05) is 17.7 Å². The largest absolute Gasteiger partial charge is 0.373 e. The summed E-state index contributed by atoms with van der Waals surface area (Å²) in [5.74, 6) is 1.44. The zero-order valence-corrected chi connectivity index (χ0v) is 10.6. The van der Waals surface area contributed by atoms with Gasteiger partial charge in [-0.15, -0.1) is 0 Å². The lowest BCUT2D eigenvalue weighted by Gasteiger charge is -2.09. The summed E-state index contributed by atoms with van der Waals surface area (Å²) in [5, 5.41) is 6.19. The van der Waals surface area contributed by atoms with Gasteiger partial charge in [0, 0.05) is 19.3 Å². The number of anilines is 2. The summed E-state index contributed by atoms with van der Waals surface area (Å²) in [5.41, 5.74) is 0. The lowest BCUT2D eigenvalue weighted by molar-refractivity contribution is 0.955. The molecule has 0 aromatic carbocycles. The van der Waals surface area contributed by atoms with Gasteiger partial charge in [-0.05, 0) is 19.4 Å². The highest BCUT2D eigenvalue weighted by atomic mass is 15.1. The predicted molar refractivity (Wildman–Crippen MR) is 73.2 cm³/mol. The first-order chi connectivity index (χ1) is 8.26. The van der Waals surface area contributed by atoms with E-state index in [-0.39, 0.29) is 6.04 Å². The quantitative estimate of drug-likeness (QED) is 0.740. The molecule has 4 nitrogen and oxygen atoms in total. The predicted octanol–water partition coefficient (Wildman–Crippen LogP) is 2.84. The molecule has 0 saturated heterocycles. The van der Waals surface area contributed by atoms with E-state index in [4.69, 9.17) is 0 Å². The monoisotopic (exact) mass is 232 g/mol. The van der Waals surface area contributed by atoms with Crippen LogP contribution in [0.5, 0.6) is 0 Å². The second kappa shape index (κ2) is 7.44. The third-order valence-corrected chi connectivity index (χ3v) is 2.15. The number of nitrogens with one attached hydrogen (secondary N) is 2. The summed E-state index contributed by atoms with van der Waals surface area (Å²) in [7, 11) is 1.84. The Morgan fingerprint density at radius 2 is 2.24 bits per heavy atom. The van der Waals surface area contributed by atoms with Crippen molar-refractivity contribution in [1.82, 2.24) is 9.97 Å². The molecule has 1 heterocycles. The minimum Gasteiger partial charge on any atom is -0.373 e. The second-order valence-corrected chi connectivity index (χ2v) is 3.67. The normalized spacial score (nSPS) is 13.1. The van der Waals surface area contributed by atoms with Crippen molar-refractivity contribution < 1.29 is 0 Å². The highest BCUT2D eigenvalue weighted by molar-refractivity contribution is 5.39. The lowest BCUT2D eigenvalue weighted by atomic mass is 10.3. The van der Waals surface area contributed by atoms with Gasteiger partial charge in [0.1, 0.15) is 5.82 Å². The maximum absolute atomic E-state index is 4.29. The molecule has 2 N–H and O–H groups in total. The molecule has 0 radical (unpaired) electrons. The topological polar surface area (TPSA) is 49.8 Å². The molecule has 1 aromatic heterocycles. The Kier molecular flexibility index (Phi) is 5.79. The molecule has 0 bridgehead atoms. The fourth-order valence-electron chi connectivity index (χ4n) is 1.26. The molecule has 0 amide bonds. The van der Waals surface area contributed by atoms with Gasteiger partial charge in [-0.1, -0.05) is 31.2 Å². The minimum absolute atomic E-state index is 0.198. The SMILES string of the molecule is CC/C=C\C=C/C(C)Nc1nccc(NC)n1. The standard InChI is InChI=1S/C13H20N4/c1-4-5-6-7-8-11(2)16-13-15-10-9-12(14-3)17-13/h5-11H,4H2,1-3H3,(H2,14,15,16,17)/b6-5-,8-7-. The Balaban J connectivity index is 2.52. The van der Waals surface area contributed by atoms with Crippen molar-refractivity contribution >= 4 is 11.8 Å². The highest BCUT2D eigenvalue weighted by Gasteiger charge is 2.00. The van der Waals surface area contributed by atoms with Crippen LogP contribution in [-0.2, 0) is 0 Å². The number of hydrogen-bond donors (Lipinski definition) is 2. The zero-order valence-electron chi connectivity index (χ0n) is 10.6. The van der Waals surface area contributed by atoms with Crippen molar-refractivity contribution in [3.05, 3.63) is 36.6 Å². The van der Waals surface area contributed by atoms with Crippen LogP contribution in [0.15, 0.2) is 36.6 Å². The number of allylic oxidation sites excluding steroid dienone is 3. The van der Waals surface area contributed by atoms with Crippen LogP contribution in [0.25, 0.3) is 0 Å². The summed E-state index contributed by atoms with van der Waals surface area (Å²) < 4.78 is 0. The molecule has 0 fully saturated rings. The summed E-state index contributed by atoms with van der Waals surface area (Å²) in [6.45, 7) is 4.18. The van der Waals surface area contributed by atoms with Crippen LogP contribution in [0, 0.1) is 0 Å². The maximum Gasteiger partial charge on any atom is 0.225 e. The van der Waals surface area contributed by atoms with E-state index >= 15 is 0 Å². The van der Waals surface area contributed by atoms with Crippen molar-refractivity contribution in [3.8, 4) is 0 Å². The first kappa shape index (κ1) is 13.2. The molecule has 0 saturated carbocycles. The Bertz CT molecular complexity index is 385. The third kappa shape index (κ3) is 5.15. The molecule has 17 heavy (non-hydrogen) atoms. The third-order valence-electron chi connectivity index (χ3n) is 2.15. The Morgan fingerprint density at radius 1 is 1.41 bits per heavy atom. The molecule has 0 aliphatic carbocycles. The van der Waals surface area contributed by atoms with Crippen molar-refractivity contribution in [2.24, 2.45) is 0 Å². The van der Waals surface area contributed by atoms with E-state index in [9.17, 15) is 0 Å². The molecule has 1 aromatic rings. The van der Waals surface area contributed by atoms with Crippen LogP contribution in [0.2, 0.25) is 0 Å². The second-order valence-electron chi connectivity index (χ2n) is 3.67. The molecular weight excluding hydrogens is 212 g/mol. The smallest absolute Gasteiger partial charge is 0.225 e. The first-order valence-corrected chi connectivity index (χ1v) is 5.87. The number of aromatic nitrogens is 2. The Morgan fingerprint density at radius 3 is 2.94 bits per heavy atom. The summed E-state index contributed by atoms with van der Waals surface area (Å²) in [6, 6.07) is 2.03. The molecule has 4 heteroatoms. The van der Waals surface area contributed by atoms with E-state index in [1.54, 1.807) is 6.20 Å². The van der Waals surface area contributed by atoms with E-state index < -0.39 is 0 Å². The number of nitrogens with zero attached hydrogens (tertiary/aromatic N) is 2. The fraction of sp³-hybridized carbons (Fsp3) is 0.385. The van der Waals surface area contributed by atoms with Gasteiger partial charge in [0.05, 0.1) is 0 Å². The molecule has 1 atom stereocenters. The summed E-state index contributed by atoms with van der Waals surface area (Å²) >= 11 is 0. The molecule has 0 aliphatic rings. The van der Waals surface area contributed by atoms with Gasteiger partial charge in [-0.2, -0.15) is 4.98 Å². The van der Waals surface area contributed by atoms with Crippen LogP contribution in [-0.4, -0.2) is 23.1 Å². The highest BCUT2D eigenvalue weighted by Crippen LogP contribution is 2.06. The molecule has 1 unspecified atom stereocenters. The molecule has 0 aliphatic heterocycles. The van der Waals surface area contributed by atoms with Crippen molar-refractivity contribution in [2.45, 2.75) is 26.3 Å². The maximum atomic E-state index is 4.29. The first-order valence-electron chi connectivity index (χ1n) is 5.87. The Hall–Kier alpha value is -1.84. The molecule has 1 rings (SSSR count). The lowest BCUT2D eigenvalue weighted by Crippen LogP contribution is -2.14. The van der Waals surface area contributed by atoms with E-state index in [0.717, 1.165) is 12.2 Å². The molecule has 92 valence electrons. The molecular formula is C13H20N4. The van der Waals surface area contributed by atoms with Crippen LogP contribution in [0.3, 0.4) is 0 Å². The van der Waals surface area contributed by atoms with Gasteiger partial charge < -0.3 is 10.6 Å². The van der Waals surface area contributed by atoms with Gasteiger partial charge in [0.2, 0.25) is 5.95 Å². The van der Waals surface area contributed by atoms with Gasteiger partial charge in [0.15, 0.2) is 0 Å². The average molecular weight is 232 g/mol. The van der Waals surface area contributed by atoms with Gasteiger partial charge in [0.25, 0.3) is 0 Å². The van der Waals surface area contributed by atoms with Gasteiger partial charge in [-0.3, -0.25) is 0 Å². The van der Waals surface area contributed by atoms with E-state index in [2.05, 4.69) is 46.6 Å². The summed E-state index contributed by atoms with van der Waals surface area (Å²) in [4.78, 5) is 8.45. The van der Waals surface area contributed by atoms with E-state index in [1.807, 2.05) is 25.3 Å². The van der Waals surface area contributed by atoms with Gasteiger partial charge in [-0.25, -0.2) is 4.98 Å². The van der Waals surface area contributed by atoms with Crippen LogP contribution < -0.4 is 10.6 Å². The molecule has 0 spiro atoms. The minimum atomic E-state index is 0.198. The van der Waals surface area contributed by atoms with E-state index in [0.29, 0.717) is 5.95 Å². The van der Waals surface area contributed by atoms with Crippen LogP contribution >= 0.6 is 0 Å². The fourth-order valence-corrected chi connectivity index (χ4v) is 1.26. The van der Waals surface area contributed by atoms with Crippen molar-refractivity contribution in [3.63, 3.8) is 0 Å². The average Bonchev–Trinajstić information content (AvgIpc) is 2.35.